The summed E-state index contributed by atoms with van der Waals surface area (Å²) in [6.45, 7) is 8.01. The molecule has 1 amide bonds. The van der Waals surface area contributed by atoms with Gasteiger partial charge in [-0.3, -0.25) is 4.79 Å². The van der Waals surface area contributed by atoms with Crippen LogP contribution in [-0.4, -0.2) is 25.1 Å². The number of hydrogen-bond donors (Lipinski definition) is 2. The zero-order valence-electron chi connectivity index (χ0n) is 12.5. The Balaban J connectivity index is 1.88. The first kappa shape index (κ1) is 14.9. The molecule has 1 aliphatic rings. The normalized spacial score (nSPS) is 17.9. The van der Waals surface area contributed by atoms with Gasteiger partial charge in [-0.15, -0.1) is 0 Å². The Morgan fingerprint density at radius 1 is 1.35 bits per heavy atom. The van der Waals surface area contributed by atoms with E-state index < -0.39 is 0 Å². The molecular weight excluding hydrogens is 252 g/mol. The van der Waals surface area contributed by atoms with Crippen LogP contribution in [0.15, 0.2) is 24.3 Å². The molecule has 0 saturated carbocycles. The maximum Gasteiger partial charge on any atom is 0.227 e. The first-order chi connectivity index (χ1) is 9.60. The van der Waals surface area contributed by atoms with E-state index in [2.05, 4.69) is 17.6 Å². The van der Waals surface area contributed by atoms with Gasteiger partial charge in [-0.25, -0.2) is 0 Å². The zero-order valence-corrected chi connectivity index (χ0v) is 12.5. The second-order valence-corrected chi connectivity index (χ2v) is 5.56. The van der Waals surface area contributed by atoms with Crippen LogP contribution in [-0.2, 0) is 4.79 Å². The van der Waals surface area contributed by atoms with Gasteiger partial charge < -0.3 is 15.4 Å². The molecule has 1 aromatic carbocycles. The highest BCUT2D eigenvalue weighted by Crippen LogP contribution is 2.21. The van der Waals surface area contributed by atoms with Gasteiger partial charge in [-0.1, -0.05) is 13.8 Å². The van der Waals surface area contributed by atoms with E-state index in [-0.39, 0.29) is 17.9 Å². The third kappa shape index (κ3) is 3.73. The highest BCUT2D eigenvalue weighted by Gasteiger charge is 2.28. The maximum absolute atomic E-state index is 12.1. The van der Waals surface area contributed by atoms with Crippen molar-refractivity contribution in [1.82, 2.24) is 5.32 Å². The molecule has 1 heterocycles. The van der Waals surface area contributed by atoms with Crippen molar-refractivity contribution in [2.24, 2.45) is 11.8 Å². The fraction of sp³-hybridized carbons (Fsp3) is 0.562. The van der Waals surface area contributed by atoms with Gasteiger partial charge in [-0.2, -0.15) is 0 Å². The van der Waals surface area contributed by atoms with Crippen LogP contribution in [0.5, 0.6) is 5.75 Å². The predicted molar refractivity (Wildman–Crippen MR) is 81.0 cm³/mol. The summed E-state index contributed by atoms with van der Waals surface area (Å²) < 4.78 is 5.71. The van der Waals surface area contributed by atoms with E-state index in [4.69, 9.17) is 4.74 Å². The smallest absolute Gasteiger partial charge is 0.227 e. The lowest BCUT2D eigenvalue weighted by Gasteiger charge is -2.31. The van der Waals surface area contributed by atoms with Crippen molar-refractivity contribution in [2.75, 3.05) is 18.4 Å². The monoisotopic (exact) mass is 276 g/mol. The molecule has 2 rings (SSSR count). The highest BCUT2D eigenvalue weighted by molar-refractivity contribution is 5.92. The number of benzene rings is 1. The molecule has 2 unspecified atom stereocenters. The minimum atomic E-state index is 0.0484. The molecular formula is C16H24N2O2. The number of carbonyl (C=O) groups is 1. The molecule has 1 aliphatic heterocycles. The van der Waals surface area contributed by atoms with Gasteiger partial charge in [0.2, 0.25) is 5.91 Å². The summed E-state index contributed by atoms with van der Waals surface area (Å²) in [5.74, 6) is 1.44. The minimum absolute atomic E-state index is 0.0484. The summed E-state index contributed by atoms with van der Waals surface area (Å²) in [6, 6.07) is 7.58. The van der Waals surface area contributed by atoms with Gasteiger partial charge in [0.05, 0.1) is 6.10 Å². The first-order valence-corrected chi connectivity index (χ1v) is 7.38. The predicted octanol–water partition coefficient (Wildman–Crippen LogP) is 2.66. The Kier molecular flexibility index (Phi) is 5.01. The molecule has 0 bridgehead atoms. The first-order valence-electron chi connectivity index (χ1n) is 7.38. The van der Waals surface area contributed by atoms with Gasteiger partial charge in [0.15, 0.2) is 0 Å². The third-order valence-electron chi connectivity index (χ3n) is 3.97. The van der Waals surface area contributed by atoms with Gasteiger partial charge in [0.25, 0.3) is 0 Å². The van der Waals surface area contributed by atoms with E-state index in [9.17, 15) is 4.79 Å². The minimum Gasteiger partial charge on any atom is -0.491 e. The van der Waals surface area contributed by atoms with Crippen LogP contribution < -0.4 is 15.4 Å². The summed E-state index contributed by atoms with van der Waals surface area (Å²) >= 11 is 0. The third-order valence-corrected chi connectivity index (χ3v) is 3.97. The molecule has 2 atom stereocenters. The van der Waals surface area contributed by atoms with E-state index in [0.717, 1.165) is 30.9 Å². The number of ether oxygens (including phenoxy) is 1. The number of hydrogen-bond acceptors (Lipinski definition) is 3. The van der Waals surface area contributed by atoms with Gasteiger partial charge in [0, 0.05) is 11.6 Å². The fourth-order valence-electron chi connectivity index (χ4n) is 2.07. The SMILES string of the molecule is CCC(C)Oc1ccc(NC(=O)C(C)C2CNC2)cc1. The number of rotatable bonds is 6. The Labute approximate surface area is 120 Å². The summed E-state index contributed by atoms with van der Waals surface area (Å²) in [7, 11) is 0. The van der Waals surface area contributed by atoms with Crippen LogP contribution in [0.3, 0.4) is 0 Å². The van der Waals surface area contributed by atoms with Crippen LogP contribution in [0, 0.1) is 11.8 Å². The van der Waals surface area contributed by atoms with Crippen molar-refractivity contribution in [2.45, 2.75) is 33.3 Å². The van der Waals surface area contributed by atoms with E-state index >= 15 is 0 Å². The molecule has 4 heteroatoms. The molecule has 20 heavy (non-hydrogen) atoms. The Morgan fingerprint density at radius 3 is 2.50 bits per heavy atom. The van der Waals surface area contributed by atoms with Crippen molar-refractivity contribution >= 4 is 11.6 Å². The highest BCUT2D eigenvalue weighted by atomic mass is 16.5. The zero-order chi connectivity index (χ0) is 14.5. The van der Waals surface area contributed by atoms with Gasteiger partial charge in [-0.05, 0) is 56.6 Å². The summed E-state index contributed by atoms with van der Waals surface area (Å²) in [6.07, 6.45) is 1.19. The standard InChI is InChI=1S/C16H24N2O2/c1-4-11(2)20-15-7-5-14(6-8-15)18-16(19)12(3)13-9-17-10-13/h5-8,11-13,17H,4,9-10H2,1-3H3,(H,18,19). The van der Waals surface area contributed by atoms with E-state index in [1.165, 1.54) is 0 Å². The largest absolute Gasteiger partial charge is 0.491 e. The molecule has 1 fully saturated rings. The summed E-state index contributed by atoms with van der Waals surface area (Å²) in [5.41, 5.74) is 0.825. The van der Waals surface area contributed by atoms with Crippen molar-refractivity contribution in [3.63, 3.8) is 0 Å². The Morgan fingerprint density at radius 2 is 2.00 bits per heavy atom. The number of nitrogens with one attached hydrogen (secondary N) is 2. The van der Waals surface area contributed by atoms with E-state index in [1.807, 2.05) is 38.1 Å². The second-order valence-electron chi connectivity index (χ2n) is 5.56. The van der Waals surface area contributed by atoms with E-state index in [0.29, 0.717) is 5.92 Å². The summed E-state index contributed by atoms with van der Waals surface area (Å²) in [4.78, 5) is 12.1. The quantitative estimate of drug-likeness (QED) is 0.840. The van der Waals surface area contributed by atoms with Crippen LogP contribution in [0.25, 0.3) is 0 Å². The Hall–Kier alpha value is -1.55. The average molecular weight is 276 g/mol. The molecule has 0 spiro atoms. The Bertz CT molecular complexity index is 440. The lowest BCUT2D eigenvalue weighted by Crippen LogP contribution is -2.48. The number of carbonyl (C=O) groups excluding carboxylic acids is 1. The molecule has 0 aromatic heterocycles. The fourth-order valence-corrected chi connectivity index (χ4v) is 2.07. The van der Waals surface area contributed by atoms with Crippen LogP contribution in [0.4, 0.5) is 5.69 Å². The van der Waals surface area contributed by atoms with Crippen molar-refractivity contribution < 1.29 is 9.53 Å². The van der Waals surface area contributed by atoms with Crippen LogP contribution in [0.1, 0.15) is 27.2 Å². The number of anilines is 1. The molecule has 2 N–H and O–H groups in total. The average Bonchev–Trinajstić information content (AvgIpc) is 2.38. The molecule has 1 aromatic rings. The van der Waals surface area contributed by atoms with Crippen molar-refractivity contribution in [3.8, 4) is 5.75 Å². The second kappa shape index (κ2) is 6.75. The van der Waals surface area contributed by atoms with Crippen LogP contribution >= 0.6 is 0 Å². The van der Waals surface area contributed by atoms with Crippen molar-refractivity contribution in [3.05, 3.63) is 24.3 Å². The maximum atomic E-state index is 12.1. The molecule has 0 aliphatic carbocycles. The van der Waals surface area contributed by atoms with E-state index in [1.54, 1.807) is 0 Å². The van der Waals surface area contributed by atoms with Crippen molar-refractivity contribution in [1.29, 1.82) is 0 Å². The molecule has 0 radical (unpaired) electrons. The topological polar surface area (TPSA) is 50.4 Å². The number of amides is 1. The molecule has 110 valence electrons. The molecule has 4 nitrogen and oxygen atoms in total. The van der Waals surface area contributed by atoms with Gasteiger partial charge in [0.1, 0.15) is 5.75 Å². The lowest BCUT2D eigenvalue weighted by molar-refractivity contribution is -0.121. The van der Waals surface area contributed by atoms with Gasteiger partial charge >= 0.3 is 0 Å². The van der Waals surface area contributed by atoms with Crippen LogP contribution in [0.2, 0.25) is 0 Å². The molecule has 1 saturated heterocycles. The summed E-state index contributed by atoms with van der Waals surface area (Å²) in [5, 5.41) is 6.16. The lowest BCUT2D eigenvalue weighted by atomic mass is 9.88.